The Bertz CT molecular complexity index is 1040. The Morgan fingerprint density at radius 1 is 0.897 bits per heavy atom. The second kappa shape index (κ2) is 7.94. The van der Waals surface area contributed by atoms with Crippen molar-refractivity contribution in [2.45, 2.75) is 78.1 Å². The predicted octanol–water partition coefficient (Wildman–Crippen LogP) is 7.54. The third-order valence-electron chi connectivity index (χ3n) is 7.00. The molecule has 0 unspecified atom stereocenters. The molecule has 0 radical (unpaired) electrons. The Kier molecular flexibility index (Phi) is 5.51. The Morgan fingerprint density at radius 3 is 2.28 bits per heavy atom. The Morgan fingerprint density at radius 2 is 1.62 bits per heavy atom. The molecule has 1 heteroatoms. The first-order chi connectivity index (χ1) is 13.9. The summed E-state index contributed by atoms with van der Waals surface area (Å²) in [5, 5.41) is 2.75. The third-order valence-corrected chi connectivity index (χ3v) is 7.00. The fourth-order valence-corrected chi connectivity index (χ4v) is 5.18. The van der Waals surface area contributed by atoms with Crippen LogP contribution in [0.4, 0.5) is 0 Å². The molecule has 0 amide bonds. The van der Waals surface area contributed by atoms with Crippen LogP contribution in [0.15, 0.2) is 42.6 Å². The zero-order chi connectivity index (χ0) is 20.7. The number of aromatic nitrogens is 1. The minimum atomic E-state index is 0.529. The number of fused-ring (bicyclic) bond motifs is 1. The van der Waals surface area contributed by atoms with E-state index < -0.39 is 0 Å². The van der Waals surface area contributed by atoms with E-state index in [0.717, 1.165) is 5.92 Å². The third kappa shape index (κ3) is 3.72. The molecular formula is C28H36N+. The number of aryl methyl sites for hydroxylation is 1. The average molecular weight is 387 g/mol. The monoisotopic (exact) mass is 386 g/mol. The van der Waals surface area contributed by atoms with Crippen LogP contribution < -0.4 is 4.57 Å². The maximum Gasteiger partial charge on any atom is 0.220 e. The molecule has 0 atom stereocenters. The lowest BCUT2D eigenvalue weighted by Gasteiger charge is -2.19. The standard InChI is InChI=1S/C28H36N/c1-18(2)24-16-26(19(3)4)20(5)27(17-24)28-25-12-11-22(21-9-7-8-10-21)15-23(25)13-14-29(28)6/h11-19,21H,7-10H2,1-6H3/q+1. The molecule has 0 N–H and O–H groups in total. The molecular weight excluding hydrogens is 350 g/mol. The maximum atomic E-state index is 2.46. The highest BCUT2D eigenvalue weighted by Crippen LogP contribution is 2.38. The van der Waals surface area contributed by atoms with Gasteiger partial charge in [-0.25, -0.2) is 4.57 Å². The first-order valence-corrected chi connectivity index (χ1v) is 11.4. The lowest BCUT2D eigenvalue weighted by atomic mass is 9.86. The Hall–Kier alpha value is -2.15. The van der Waals surface area contributed by atoms with Crippen molar-refractivity contribution in [3.05, 3.63) is 64.8 Å². The van der Waals surface area contributed by atoms with Gasteiger partial charge in [0.2, 0.25) is 5.69 Å². The minimum absolute atomic E-state index is 0.529. The molecule has 4 rings (SSSR count). The van der Waals surface area contributed by atoms with Crippen molar-refractivity contribution < 1.29 is 4.57 Å². The van der Waals surface area contributed by atoms with Crippen LogP contribution in [0, 0.1) is 6.92 Å². The number of benzene rings is 2. The highest BCUT2D eigenvalue weighted by Gasteiger charge is 2.23. The van der Waals surface area contributed by atoms with Gasteiger partial charge in [0.25, 0.3) is 0 Å². The van der Waals surface area contributed by atoms with E-state index >= 15 is 0 Å². The SMILES string of the molecule is Cc1c(-c2c3ccc(C4CCCC4)cc3cc[n+]2C)cc(C(C)C)cc1C(C)C. The molecule has 2 aromatic carbocycles. The number of rotatable bonds is 4. The van der Waals surface area contributed by atoms with Crippen LogP contribution in [0.5, 0.6) is 0 Å². The predicted molar refractivity (Wildman–Crippen MR) is 125 cm³/mol. The van der Waals surface area contributed by atoms with Crippen molar-refractivity contribution in [3.8, 4) is 11.3 Å². The fraction of sp³-hybridized carbons (Fsp3) is 0.464. The summed E-state index contributed by atoms with van der Waals surface area (Å²) in [4.78, 5) is 0. The summed E-state index contributed by atoms with van der Waals surface area (Å²) in [5.74, 6) is 1.82. The van der Waals surface area contributed by atoms with Gasteiger partial charge >= 0.3 is 0 Å². The van der Waals surface area contributed by atoms with E-state index in [0.29, 0.717) is 11.8 Å². The molecule has 1 heterocycles. The van der Waals surface area contributed by atoms with Gasteiger partial charge in [0, 0.05) is 6.07 Å². The first kappa shape index (κ1) is 20.1. The number of pyridine rings is 1. The van der Waals surface area contributed by atoms with Crippen LogP contribution in [-0.2, 0) is 7.05 Å². The molecule has 0 spiro atoms. The molecule has 29 heavy (non-hydrogen) atoms. The largest absolute Gasteiger partial charge is 0.220 e. The molecule has 0 aliphatic heterocycles. The van der Waals surface area contributed by atoms with Gasteiger partial charge in [0.05, 0.1) is 10.9 Å². The molecule has 0 saturated heterocycles. The number of nitrogens with zero attached hydrogens (tertiary/aromatic N) is 1. The van der Waals surface area contributed by atoms with E-state index in [-0.39, 0.29) is 0 Å². The summed E-state index contributed by atoms with van der Waals surface area (Å²) in [7, 11) is 2.19. The molecule has 1 saturated carbocycles. The van der Waals surface area contributed by atoms with Crippen LogP contribution in [0.25, 0.3) is 22.0 Å². The van der Waals surface area contributed by atoms with Crippen LogP contribution >= 0.6 is 0 Å². The molecule has 1 aromatic heterocycles. The van der Waals surface area contributed by atoms with Crippen LogP contribution in [0.2, 0.25) is 0 Å². The number of hydrogen-bond donors (Lipinski definition) is 0. The maximum absolute atomic E-state index is 2.46. The molecule has 1 fully saturated rings. The lowest BCUT2D eigenvalue weighted by Crippen LogP contribution is -2.31. The van der Waals surface area contributed by atoms with Gasteiger partial charge in [0.15, 0.2) is 6.20 Å². The molecule has 1 aliphatic rings. The summed E-state index contributed by atoms with van der Waals surface area (Å²) in [5.41, 5.74) is 8.61. The molecule has 1 nitrogen and oxygen atoms in total. The van der Waals surface area contributed by atoms with Crippen LogP contribution in [0.3, 0.4) is 0 Å². The van der Waals surface area contributed by atoms with Gasteiger partial charge in [-0.05, 0) is 77.3 Å². The summed E-state index contributed by atoms with van der Waals surface area (Å²) in [6, 6.07) is 14.4. The smallest absolute Gasteiger partial charge is 0.200 e. The highest BCUT2D eigenvalue weighted by molar-refractivity contribution is 5.94. The van der Waals surface area contributed by atoms with E-state index in [2.05, 4.69) is 88.8 Å². The van der Waals surface area contributed by atoms with E-state index in [4.69, 9.17) is 0 Å². The Balaban J connectivity index is 1.94. The molecule has 3 aromatic rings. The van der Waals surface area contributed by atoms with Crippen molar-refractivity contribution in [2.75, 3.05) is 0 Å². The van der Waals surface area contributed by atoms with Crippen molar-refractivity contribution >= 4 is 10.8 Å². The topological polar surface area (TPSA) is 3.88 Å². The first-order valence-electron chi connectivity index (χ1n) is 11.4. The van der Waals surface area contributed by atoms with Gasteiger partial charge in [-0.3, -0.25) is 0 Å². The fourth-order valence-electron chi connectivity index (χ4n) is 5.18. The van der Waals surface area contributed by atoms with E-state index in [1.165, 1.54) is 70.0 Å². The lowest BCUT2D eigenvalue weighted by molar-refractivity contribution is -0.659. The summed E-state index contributed by atoms with van der Waals surface area (Å²) in [6.07, 6.45) is 7.72. The minimum Gasteiger partial charge on any atom is -0.200 e. The number of hydrogen-bond acceptors (Lipinski definition) is 0. The van der Waals surface area contributed by atoms with E-state index in [9.17, 15) is 0 Å². The van der Waals surface area contributed by atoms with Crippen molar-refractivity contribution in [3.63, 3.8) is 0 Å². The van der Waals surface area contributed by atoms with Crippen molar-refractivity contribution in [1.29, 1.82) is 0 Å². The van der Waals surface area contributed by atoms with Crippen LogP contribution in [0.1, 0.15) is 93.4 Å². The van der Waals surface area contributed by atoms with Crippen molar-refractivity contribution in [1.82, 2.24) is 0 Å². The average Bonchev–Trinajstić information content (AvgIpc) is 3.22. The summed E-state index contributed by atoms with van der Waals surface area (Å²) < 4.78 is 2.31. The highest BCUT2D eigenvalue weighted by atomic mass is 14.9. The van der Waals surface area contributed by atoms with E-state index in [1.54, 1.807) is 0 Å². The summed E-state index contributed by atoms with van der Waals surface area (Å²) in [6.45, 7) is 11.5. The zero-order valence-corrected chi connectivity index (χ0v) is 19.0. The second-order valence-electron chi connectivity index (χ2n) is 9.70. The summed E-state index contributed by atoms with van der Waals surface area (Å²) >= 11 is 0. The van der Waals surface area contributed by atoms with Crippen molar-refractivity contribution in [2.24, 2.45) is 7.05 Å². The zero-order valence-electron chi connectivity index (χ0n) is 19.0. The van der Waals surface area contributed by atoms with Gasteiger partial charge < -0.3 is 0 Å². The molecule has 0 bridgehead atoms. The second-order valence-corrected chi connectivity index (χ2v) is 9.70. The quantitative estimate of drug-likeness (QED) is 0.408. The van der Waals surface area contributed by atoms with Crippen LogP contribution in [-0.4, -0.2) is 0 Å². The van der Waals surface area contributed by atoms with Gasteiger partial charge in [0.1, 0.15) is 7.05 Å². The van der Waals surface area contributed by atoms with Gasteiger partial charge in [-0.2, -0.15) is 0 Å². The van der Waals surface area contributed by atoms with Gasteiger partial charge in [-0.1, -0.05) is 58.7 Å². The van der Waals surface area contributed by atoms with E-state index in [1.807, 2.05) is 0 Å². The molecule has 1 aliphatic carbocycles. The normalized spacial score (nSPS) is 15.2. The Labute approximate surface area is 176 Å². The van der Waals surface area contributed by atoms with Gasteiger partial charge in [-0.15, -0.1) is 0 Å². The molecule has 152 valence electrons.